The average molecular weight is 428 g/mol. The second-order valence-electron chi connectivity index (χ2n) is 8.87. The number of esters is 1. The molecule has 2 fully saturated rings. The van der Waals surface area contributed by atoms with Gasteiger partial charge in [0, 0.05) is 42.6 Å². The van der Waals surface area contributed by atoms with E-state index in [0.717, 1.165) is 0 Å². The van der Waals surface area contributed by atoms with Crippen LogP contribution in [0.3, 0.4) is 0 Å². The van der Waals surface area contributed by atoms with Crippen molar-refractivity contribution < 1.29 is 28.2 Å². The molecule has 0 spiro atoms. The van der Waals surface area contributed by atoms with Crippen LogP contribution >= 0.6 is 0 Å². The number of amides is 1. The molecular formula is C23H25FN2O5. The van der Waals surface area contributed by atoms with Crippen LogP contribution in [0.2, 0.25) is 0 Å². The van der Waals surface area contributed by atoms with Gasteiger partial charge in [-0.15, -0.1) is 0 Å². The lowest BCUT2D eigenvalue weighted by molar-refractivity contribution is 0.0253. The zero-order valence-corrected chi connectivity index (χ0v) is 17.9. The molecule has 1 saturated carbocycles. The van der Waals surface area contributed by atoms with Crippen LogP contribution in [0, 0.1) is 17.7 Å². The highest BCUT2D eigenvalue weighted by atomic mass is 19.1. The zero-order valence-electron chi connectivity index (χ0n) is 17.9. The van der Waals surface area contributed by atoms with Crippen molar-refractivity contribution in [3.63, 3.8) is 0 Å². The zero-order chi connectivity index (χ0) is 22.3. The second kappa shape index (κ2) is 7.83. The van der Waals surface area contributed by atoms with Crippen molar-refractivity contribution in [3.05, 3.63) is 47.9 Å². The van der Waals surface area contributed by atoms with Crippen LogP contribution in [0.25, 0.3) is 11.3 Å². The molecule has 0 bridgehead atoms. The van der Waals surface area contributed by atoms with Gasteiger partial charge >= 0.3 is 12.1 Å². The first kappa shape index (κ1) is 21.1. The van der Waals surface area contributed by atoms with Gasteiger partial charge in [0.1, 0.15) is 23.3 Å². The molecule has 2 aliphatic rings. The summed E-state index contributed by atoms with van der Waals surface area (Å²) in [4.78, 5) is 30.4. The number of carbonyl (C=O) groups excluding carboxylic acids is 2. The molecule has 8 heteroatoms. The van der Waals surface area contributed by atoms with Crippen molar-refractivity contribution in [2.75, 3.05) is 20.2 Å². The molecular weight excluding hydrogens is 403 g/mol. The van der Waals surface area contributed by atoms with Crippen LogP contribution in [0.4, 0.5) is 9.18 Å². The lowest BCUT2D eigenvalue weighted by Gasteiger charge is -2.26. The maximum absolute atomic E-state index is 13.3. The average Bonchev–Trinajstić information content (AvgIpc) is 3.14. The van der Waals surface area contributed by atoms with Gasteiger partial charge in [0.15, 0.2) is 5.69 Å². The minimum absolute atomic E-state index is 0.0485. The summed E-state index contributed by atoms with van der Waals surface area (Å²) in [6.45, 7) is 6.67. The quantitative estimate of drug-likeness (QED) is 0.687. The number of piperidine rings is 1. The number of hydrogen-bond acceptors (Lipinski definition) is 6. The van der Waals surface area contributed by atoms with Crippen LogP contribution in [-0.2, 0) is 9.47 Å². The molecule has 31 heavy (non-hydrogen) atoms. The van der Waals surface area contributed by atoms with Gasteiger partial charge in [0.05, 0.1) is 12.8 Å². The first-order valence-electron chi connectivity index (χ1n) is 10.2. The largest absolute Gasteiger partial charge is 0.490 e. The molecule has 1 aromatic carbocycles. The summed E-state index contributed by atoms with van der Waals surface area (Å²) < 4.78 is 29.7. The first-order valence-corrected chi connectivity index (χ1v) is 10.2. The molecule has 4 rings (SSSR count). The predicted molar refractivity (Wildman–Crippen MR) is 110 cm³/mol. The molecule has 0 unspecified atom stereocenters. The van der Waals surface area contributed by atoms with E-state index in [4.69, 9.17) is 14.2 Å². The molecule has 164 valence electrons. The Kier molecular flexibility index (Phi) is 5.33. The van der Waals surface area contributed by atoms with E-state index >= 15 is 0 Å². The number of carbonyl (C=O) groups is 2. The van der Waals surface area contributed by atoms with Crippen molar-refractivity contribution >= 4 is 12.1 Å². The van der Waals surface area contributed by atoms with Gasteiger partial charge in [-0.3, -0.25) is 0 Å². The van der Waals surface area contributed by atoms with Crippen molar-refractivity contribution in [2.45, 2.75) is 32.5 Å². The van der Waals surface area contributed by atoms with Gasteiger partial charge in [-0.1, -0.05) is 0 Å². The van der Waals surface area contributed by atoms with Gasteiger partial charge in [0.2, 0.25) is 0 Å². The fourth-order valence-corrected chi connectivity index (χ4v) is 3.83. The number of rotatable bonds is 4. The third-order valence-corrected chi connectivity index (χ3v) is 5.37. The molecule has 7 nitrogen and oxygen atoms in total. The lowest BCUT2D eigenvalue weighted by atomic mass is 10.1. The highest BCUT2D eigenvalue weighted by Gasteiger charge is 2.59. The first-order chi connectivity index (χ1) is 14.6. The minimum atomic E-state index is -0.582. The minimum Gasteiger partial charge on any atom is -0.490 e. The number of halogens is 1. The van der Waals surface area contributed by atoms with Crippen LogP contribution in [0.5, 0.6) is 5.75 Å². The number of fused-ring (bicyclic) bond motifs is 1. The van der Waals surface area contributed by atoms with E-state index in [9.17, 15) is 14.0 Å². The Morgan fingerprint density at radius 1 is 1.10 bits per heavy atom. The fourth-order valence-electron chi connectivity index (χ4n) is 3.83. The van der Waals surface area contributed by atoms with Crippen molar-refractivity contribution in [1.82, 2.24) is 9.88 Å². The van der Waals surface area contributed by atoms with Gasteiger partial charge in [-0.2, -0.15) is 0 Å². The van der Waals surface area contributed by atoms with E-state index in [2.05, 4.69) is 4.98 Å². The number of nitrogens with zero attached hydrogens (tertiary/aromatic N) is 2. The lowest BCUT2D eigenvalue weighted by Crippen LogP contribution is -2.38. The number of hydrogen-bond donors (Lipinski definition) is 0. The van der Waals surface area contributed by atoms with Gasteiger partial charge in [0.25, 0.3) is 0 Å². The Morgan fingerprint density at radius 3 is 2.32 bits per heavy atom. The molecule has 2 heterocycles. The Bertz CT molecular complexity index is 990. The van der Waals surface area contributed by atoms with Crippen LogP contribution < -0.4 is 4.74 Å². The fraction of sp³-hybridized carbons (Fsp3) is 0.435. The highest BCUT2D eigenvalue weighted by molar-refractivity contribution is 5.88. The number of pyridine rings is 1. The number of likely N-dealkylation sites (tertiary alicyclic amines) is 1. The molecule has 1 aliphatic carbocycles. The Labute approximate surface area is 180 Å². The van der Waals surface area contributed by atoms with Crippen LogP contribution in [-0.4, -0.2) is 53.9 Å². The Hall–Kier alpha value is -3.16. The summed E-state index contributed by atoms with van der Waals surface area (Å²) in [6.07, 6.45) is -0.360. The molecule has 1 aliphatic heterocycles. The number of benzene rings is 1. The van der Waals surface area contributed by atoms with Crippen molar-refractivity contribution in [2.24, 2.45) is 11.8 Å². The molecule has 0 radical (unpaired) electrons. The van der Waals surface area contributed by atoms with Gasteiger partial charge in [-0.25, -0.2) is 19.0 Å². The molecule has 1 saturated heterocycles. The topological polar surface area (TPSA) is 78.0 Å². The number of ether oxygens (including phenoxy) is 3. The van der Waals surface area contributed by atoms with Gasteiger partial charge in [-0.05, 0) is 45.0 Å². The summed E-state index contributed by atoms with van der Waals surface area (Å²) >= 11 is 0. The molecule has 1 amide bonds. The number of aromatic nitrogens is 1. The molecule has 3 atom stereocenters. The smallest absolute Gasteiger partial charge is 0.410 e. The monoisotopic (exact) mass is 428 g/mol. The van der Waals surface area contributed by atoms with Gasteiger partial charge < -0.3 is 19.1 Å². The Morgan fingerprint density at radius 2 is 1.74 bits per heavy atom. The third kappa shape index (κ3) is 4.62. The standard InChI is InChI=1S/C23H25FN2O5/c1-23(2,3)31-22(28)26-11-16-17(12-26)20(16)30-15-9-18(13-5-7-14(24)8-6-13)25-19(10-15)21(27)29-4/h5-10,16-17,20H,11-12H2,1-4H3/t16-,17+,20+. The van der Waals surface area contributed by atoms with E-state index in [1.54, 1.807) is 29.2 Å². The summed E-state index contributed by atoms with van der Waals surface area (Å²) in [5, 5.41) is 0. The second-order valence-corrected chi connectivity index (χ2v) is 8.87. The van der Waals surface area contributed by atoms with E-state index in [-0.39, 0.29) is 35.5 Å². The van der Waals surface area contributed by atoms with E-state index in [1.165, 1.54) is 19.2 Å². The summed E-state index contributed by atoms with van der Waals surface area (Å²) in [6, 6.07) is 9.11. The highest BCUT2D eigenvalue weighted by Crippen LogP contribution is 2.48. The maximum Gasteiger partial charge on any atom is 0.410 e. The number of methoxy groups -OCH3 is 1. The third-order valence-electron chi connectivity index (χ3n) is 5.37. The van der Waals surface area contributed by atoms with Crippen LogP contribution in [0.15, 0.2) is 36.4 Å². The van der Waals surface area contributed by atoms with Crippen molar-refractivity contribution in [3.8, 4) is 17.0 Å². The van der Waals surface area contributed by atoms with E-state index in [0.29, 0.717) is 30.1 Å². The van der Waals surface area contributed by atoms with Crippen molar-refractivity contribution in [1.29, 1.82) is 0 Å². The van der Waals surface area contributed by atoms with Crippen LogP contribution in [0.1, 0.15) is 31.3 Å². The summed E-state index contributed by atoms with van der Waals surface area (Å²) in [7, 11) is 1.28. The summed E-state index contributed by atoms with van der Waals surface area (Å²) in [5.74, 6) is -0.0170. The molecule has 1 aromatic heterocycles. The molecule has 0 N–H and O–H groups in total. The van der Waals surface area contributed by atoms with E-state index in [1.807, 2.05) is 20.8 Å². The summed E-state index contributed by atoms with van der Waals surface area (Å²) in [5.41, 5.74) is 0.724. The predicted octanol–water partition coefficient (Wildman–Crippen LogP) is 3.92. The maximum atomic E-state index is 13.3. The SMILES string of the molecule is COC(=O)c1cc(O[C@H]2[C@@H]3CN(C(=O)OC(C)(C)C)C[C@@H]32)cc(-c2ccc(F)cc2)n1. The Balaban J connectivity index is 1.47. The van der Waals surface area contributed by atoms with E-state index < -0.39 is 11.6 Å². The molecule has 2 aromatic rings. The normalized spacial score (nSPS) is 22.0.